The Hall–Kier alpha value is -0.410. The van der Waals surface area contributed by atoms with Crippen LogP contribution in [-0.2, 0) is 9.53 Å². The largest absolute Gasteiger partial charge is 0.383 e. The highest BCUT2D eigenvalue weighted by Crippen LogP contribution is 1.74. The Balaban J connectivity index is 3.21. The van der Waals surface area contributed by atoms with Crippen LogP contribution in [0.2, 0.25) is 0 Å². The zero-order valence-electron chi connectivity index (χ0n) is 5.18. The monoisotopic (exact) mass is 117 g/mol. The molecular weight excluding hydrogens is 106 g/mol. The maximum Gasteiger partial charge on any atom is 0.139 e. The topological polar surface area (TPSA) is 38.3 Å². The van der Waals surface area contributed by atoms with Gasteiger partial charge in [-0.1, -0.05) is 0 Å². The van der Waals surface area contributed by atoms with E-state index in [0.29, 0.717) is 6.61 Å². The molecule has 0 saturated carbocycles. The molecule has 0 amide bonds. The molecule has 0 heterocycles. The first-order chi connectivity index (χ1) is 3.85. The molecule has 1 N–H and O–H groups in total. The summed E-state index contributed by atoms with van der Waals surface area (Å²) < 4.78 is 4.69. The first-order valence-electron chi connectivity index (χ1n) is 2.46. The van der Waals surface area contributed by atoms with E-state index in [4.69, 9.17) is 4.74 Å². The first kappa shape index (κ1) is 7.59. The van der Waals surface area contributed by atoms with Crippen molar-refractivity contribution in [1.29, 1.82) is 0 Å². The minimum atomic E-state index is -0.153. The zero-order valence-corrected chi connectivity index (χ0v) is 5.18. The van der Waals surface area contributed by atoms with Gasteiger partial charge in [0.2, 0.25) is 0 Å². The molecule has 0 aliphatic carbocycles. The van der Waals surface area contributed by atoms with Gasteiger partial charge >= 0.3 is 0 Å². The van der Waals surface area contributed by atoms with Crippen molar-refractivity contribution in [3.63, 3.8) is 0 Å². The quantitative estimate of drug-likeness (QED) is 0.501. The molecular formula is C5H11NO2. The fraction of sp³-hybridized carbons (Fsp3) is 0.800. The van der Waals surface area contributed by atoms with Crippen LogP contribution in [0.3, 0.4) is 0 Å². The molecule has 0 aliphatic heterocycles. The van der Waals surface area contributed by atoms with Gasteiger partial charge in [-0.15, -0.1) is 0 Å². The SMILES string of the molecule is CN[C@H](C=O)COC. The van der Waals surface area contributed by atoms with E-state index in [0.717, 1.165) is 6.29 Å². The number of aldehydes is 1. The standard InChI is InChI=1S/C5H11NO2/c1-6-5(3-7)4-8-2/h3,5-6H,4H2,1-2H3/t5-/m1/s1. The predicted octanol–water partition coefficient (Wildman–Crippen LogP) is -0.580. The van der Waals surface area contributed by atoms with E-state index in [9.17, 15) is 4.79 Å². The van der Waals surface area contributed by atoms with Gasteiger partial charge in [-0.2, -0.15) is 0 Å². The molecule has 0 spiro atoms. The molecule has 0 radical (unpaired) electrons. The summed E-state index contributed by atoms with van der Waals surface area (Å²) >= 11 is 0. The summed E-state index contributed by atoms with van der Waals surface area (Å²) in [4.78, 5) is 9.98. The molecule has 48 valence electrons. The number of likely N-dealkylation sites (N-methyl/N-ethyl adjacent to an activating group) is 1. The van der Waals surface area contributed by atoms with Crippen molar-refractivity contribution in [3.8, 4) is 0 Å². The molecule has 0 rings (SSSR count). The van der Waals surface area contributed by atoms with E-state index >= 15 is 0 Å². The zero-order chi connectivity index (χ0) is 6.41. The van der Waals surface area contributed by atoms with Crippen LogP contribution in [0.4, 0.5) is 0 Å². The third-order valence-electron chi connectivity index (χ3n) is 0.881. The van der Waals surface area contributed by atoms with E-state index < -0.39 is 0 Å². The normalized spacial score (nSPS) is 13.2. The van der Waals surface area contributed by atoms with E-state index in [1.165, 1.54) is 0 Å². The highest BCUT2D eigenvalue weighted by atomic mass is 16.5. The first-order valence-corrected chi connectivity index (χ1v) is 2.46. The van der Waals surface area contributed by atoms with Gasteiger partial charge in [-0.3, -0.25) is 0 Å². The van der Waals surface area contributed by atoms with Crippen LogP contribution in [0.5, 0.6) is 0 Å². The Labute approximate surface area is 49.0 Å². The lowest BCUT2D eigenvalue weighted by Crippen LogP contribution is -2.30. The second kappa shape index (κ2) is 4.74. The van der Waals surface area contributed by atoms with Crippen LogP contribution in [0.15, 0.2) is 0 Å². The maximum absolute atomic E-state index is 9.98. The smallest absolute Gasteiger partial charge is 0.139 e. The van der Waals surface area contributed by atoms with E-state index in [1.54, 1.807) is 14.2 Å². The van der Waals surface area contributed by atoms with Gasteiger partial charge < -0.3 is 14.8 Å². The summed E-state index contributed by atoms with van der Waals surface area (Å²) in [5.41, 5.74) is 0. The summed E-state index contributed by atoms with van der Waals surface area (Å²) in [6.07, 6.45) is 0.823. The fourth-order valence-corrected chi connectivity index (χ4v) is 0.370. The van der Waals surface area contributed by atoms with Crippen molar-refractivity contribution in [2.75, 3.05) is 20.8 Å². The highest BCUT2D eigenvalue weighted by Gasteiger charge is 1.99. The second-order valence-electron chi connectivity index (χ2n) is 1.49. The van der Waals surface area contributed by atoms with Crippen molar-refractivity contribution in [1.82, 2.24) is 5.32 Å². The molecule has 0 fully saturated rings. The summed E-state index contributed by atoms with van der Waals surface area (Å²) in [6, 6.07) is -0.153. The maximum atomic E-state index is 9.98. The third-order valence-corrected chi connectivity index (χ3v) is 0.881. The molecule has 0 saturated heterocycles. The van der Waals surface area contributed by atoms with Crippen LogP contribution < -0.4 is 5.32 Å². The number of nitrogens with one attached hydrogen (secondary N) is 1. The summed E-state index contributed by atoms with van der Waals surface area (Å²) in [5, 5.41) is 2.76. The van der Waals surface area contributed by atoms with Gasteiger partial charge in [0, 0.05) is 7.11 Å². The molecule has 3 nitrogen and oxygen atoms in total. The molecule has 0 aromatic rings. The molecule has 3 heteroatoms. The van der Waals surface area contributed by atoms with Crippen molar-refractivity contribution in [3.05, 3.63) is 0 Å². The number of carbonyl (C=O) groups excluding carboxylic acids is 1. The van der Waals surface area contributed by atoms with Gasteiger partial charge in [0.1, 0.15) is 6.29 Å². The Morgan fingerprint density at radius 2 is 2.50 bits per heavy atom. The number of ether oxygens (including phenoxy) is 1. The van der Waals surface area contributed by atoms with Crippen LogP contribution in [0.1, 0.15) is 0 Å². The minimum Gasteiger partial charge on any atom is -0.383 e. The summed E-state index contributed by atoms with van der Waals surface area (Å²) in [5.74, 6) is 0. The van der Waals surface area contributed by atoms with Gasteiger partial charge in [-0.25, -0.2) is 0 Å². The lowest BCUT2D eigenvalue weighted by molar-refractivity contribution is -0.110. The summed E-state index contributed by atoms with van der Waals surface area (Å²) in [6.45, 7) is 0.444. The molecule has 1 atom stereocenters. The minimum absolute atomic E-state index is 0.153. The Morgan fingerprint density at radius 1 is 1.88 bits per heavy atom. The average Bonchev–Trinajstić information content (AvgIpc) is 1.83. The molecule has 0 aliphatic rings. The van der Waals surface area contributed by atoms with Gasteiger partial charge in [0.05, 0.1) is 12.6 Å². The van der Waals surface area contributed by atoms with Crippen LogP contribution in [0, 0.1) is 0 Å². The lowest BCUT2D eigenvalue weighted by Gasteiger charge is -2.04. The Kier molecular flexibility index (Phi) is 4.50. The van der Waals surface area contributed by atoms with Crippen molar-refractivity contribution >= 4 is 6.29 Å². The lowest BCUT2D eigenvalue weighted by atomic mass is 10.4. The Bertz CT molecular complexity index is 65.4. The van der Waals surface area contributed by atoms with Gasteiger partial charge in [0.25, 0.3) is 0 Å². The van der Waals surface area contributed by atoms with Crippen molar-refractivity contribution in [2.45, 2.75) is 6.04 Å². The third kappa shape index (κ3) is 2.71. The van der Waals surface area contributed by atoms with Crippen LogP contribution in [-0.4, -0.2) is 33.1 Å². The van der Waals surface area contributed by atoms with Crippen molar-refractivity contribution < 1.29 is 9.53 Å². The number of rotatable bonds is 4. The van der Waals surface area contributed by atoms with Crippen LogP contribution in [0.25, 0.3) is 0 Å². The van der Waals surface area contributed by atoms with Gasteiger partial charge in [-0.05, 0) is 7.05 Å². The molecule has 0 aromatic heterocycles. The van der Waals surface area contributed by atoms with Crippen LogP contribution >= 0.6 is 0 Å². The van der Waals surface area contributed by atoms with E-state index in [2.05, 4.69) is 5.32 Å². The molecule has 8 heavy (non-hydrogen) atoms. The summed E-state index contributed by atoms with van der Waals surface area (Å²) in [7, 11) is 3.28. The number of hydrogen-bond acceptors (Lipinski definition) is 3. The molecule has 0 bridgehead atoms. The molecule has 0 aromatic carbocycles. The highest BCUT2D eigenvalue weighted by molar-refractivity contribution is 5.57. The van der Waals surface area contributed by atoms with Gasteiger partial charge in [0.15, 0.2) is 0 Å². The average molecular weight is 117 g/mol. The number of carbonyl (C=O) groups is 1. The molecule has 0 unspecified atom stereocenters. The number of methoxy groups -OCH3 is 1. The fourth-order valence-electron chi connectivity index (χ4n) is 0.370. The Morgan fingerprint density at radius 3 is 2.62 bits per heavy atom. The predicted molar refractivity (Wildman–Crippen MR) is 30.8 cm³/mol. The van der Waals surface area contributed by atoms with E-state index in [1.807, 2.05) is 0 Å². The second-order valence-corrected chi connectivity index (χ2v) is 1.49. The van der Waals surface area contributed by atoms with Crippen molar-refractivity contribution in [2.24, 2.45) is 0 Å². The van der Waals surface area contributed by atoms with E-state index in [-0.39, 0.29) is 6.04 Å². The number of hydrogen-bond donors (Lipinski definition) is 1.